The second kappa shape index (κ2) is 4.42. The summed E-state index contributed by atoms with van der Waals surface area (Å²) in [5, 5.41) is 1.15. The molecule has 0 amide bonds. The van der Waals surface area contributed by atoms with Gasteiger partial charge in [-0.1, -0.05) is 24.3 Å². The summed E-state index contributed by atoms with van der Waals surface area (Å²) in [6, 6.07) is 14.4. The number of nitrogen functional groups attached to an aromatic ring is 1. The van der Waals surface area contributed by atoms with E-state index in [2.05, 4.69) is 35.3 Å². The molecule has 0 atom stereocenters. The van der Waals surface area contributed by atoms with E-state index in [-0.39, 0.29) is 0 Å². The van der Waals surface area contributed by atoms with Gasteiger partial charge in [0.25, 0.3) is 0 Å². The summed E-state index contributed by atoms with van der Waals surface area (Å²) in [4.78, 5) is 4.65. The van der Waals surface area contributed by atoms with Crippen molar-refractivity contribution in [2.75, 3.05) is 5.73 Å². The number of hydrogen-bond donors (Lipinski definition) is 1. The van der Waals surface area contributed by atoms with Crippen LogP contribution in [0, 0.1) is 6.92 Å². The van der Waals surface area contributed by atoms with Crippen LogP contribution < -0.4 is 5.73 Å². The van der Waals surface area contributed by atoms with Crippen molar-refractivity contribution < 1.29 is 0 Å². The summed E-state index contributed by atoms with van der Waals surface area (Å²) < 4.78 is 1.25. The van der Waals surface area contributed by atoms with Gasteiger partial charge in [-0.15, -0.1) is 11.3 Å². The van der Waals surface area contributed by atoms with Crippen molar-refractivity contribution in [3.63, 3.8) is 0 Å². The van der Waals surface area contributed by atoms with Gasteiger partial charge in [-0.2, -0.15) is 0 Å². The number of benzene rings is 2. The number of rotatable bonds is 2. The highest BCUT2D eigenvalue weighted by Crippen LogP contribution is 2.24. The summed E-state index contributed by atoms with van der Waals surface area (Å²) in [5.41, 5.74) is 10.2. The van der Waals surface area contributed by atoms with Crippen LogP contribution in [0.4, 0.5) is 5.69 Å². The maximum Gasteiger partial charge on any atom is 0.0982 e. The van der Waals surface area contributed by atoms with Gasteiger partial charge in [-0.05, 0) is 36.2 Å². The molecule has 3 heteroatoms. The van der Waals surface area contributed by atoms with Crippen LogP contribution in [-0.2, 0) is 6.42 Å². The number of hydrogen-bond acceptors (Lipinski definition) is 3. The molecule has 0 radical (unpaired) electrons. The molecule has 0 unspecified atom stereocenters. The zero-order chi connectivity index (χ0) is 12.5. The zero-order valence-electron chi connectivity index (χ0n) is 10.2. The van der Waals surface area contributed by atoms with Crippen molar-refractivity contribution in [2.45, 2.75) is 13.3 Å². The first-order valence-corrected chi connectivity index (χ1v) is 6.73. The van der Waals surface area contributed by atoms with E-state index in [4.69, 9.17) is 5.73 Å². The first-order chi connectivity index (χ1) is 8.72. The van der Waals surface area contributed by atoms with Crippen molar-refractivity contribution in [1.29, 1.82) is 0 Å². The van der Waals surface area contributed by atoms with Gasteiger partial charge in [-0.25, -0.2) is 4.98 Å². The Morgan fingerprint density at radius 2 is 2.00 bits per heavy atom. The predicted octanol–water partition coefficient (Wildman–Crippen LogP) is 3.78. The lowest BCUT2D eigenvalue weighted by molar-refractivity contribution is 1.15. The Kier molecular flexibility index (Phi) is 2.76. The molecule has 1 heterocycles. The molecule has 0 bridgehead atoms. The van der Waals surface area contributed by atoms with E-state index in [0.717, 1.165) is 28.2 Å². The monoisotopic (exact) mass is 254 g/mol. The molecular weight excluding hydrogens is 240 g/mol. The third kappa shape index (κ3) is 2.09. The Balaban J connectivity index is 1.93. The minimum absolute atomic E-state index is 0.850. The molecular formula is C15H14N2S. The molecule has 0 aliphatic carbocycles. The molecule has 90 valence electrons. The molecule has 1 aromatic heterocycles. The topological polar surface area (TPSA) is 38.9 Å². The van der Waals surface area contributed by atoms with Gasteiger partial charge in [0.15, 0.2) is 0 Å². The molecule has 3 aromatic rings. The normalized spacial score (nSPS) is 10.9. The highest BCUT2D eigenvalue weighted by Gasteiger charge is 2.05. The van der Waals surface area contributed by atoms with Gasteiger partial charge < -0.3 is 5.73 Å². The molecule has 0 fully saturated rings. The van der Waals surface area contributed by atoms with Gasteiger partial charge >= 0.3 is 0 Å². The maximum atomic E-state index is 5.83. The fourth-order valence-corrected chi connectivity index (χ4v) is 3.02. The Morgan fingerprint density at radius 3 is 2.78 bits per heavy atom. The first kappa shape index (κ1) is 11.2. The number of para-hydroxylation sites is 1. The lowest BCUT2D eigenvalue weighted by atomic mass is 10.1. The zero-order valence-corrected chi connectivity index (χ0v) is 11.0. The molecule has 0 aliphatic rings. The number of nitrogens with two attached hydrogens (primary N) is 1. The lowest BCUT2D eigenvalue weighted by Crippen LogP contribution is -1.92. The maximum absolute atomic E-state index is 5.83. The summed E-state index contributed by atoms with van der Waals surface area (Å²) in [6.45, 7) is 2.04. The lowest BCUT2D eigenvalue weighted by Gasteiger charge is -2.02. The van der Waals surface area contributed by atoms with E-state index in [1.54, 1.807) is 11.3 Å². The molecule has 2 N–H and O–H groups in total. The molecule has 0 saturated heterocycles. The second-order valence-corrected chi connectivity index (χ2v) is 5.56. The molecule has 18 heavy (non-hydrogen) atoms. The Hall–Kier alpha value is -1.87. The van der Waals surface area contributed by atoms with E-state index >= 15 is 0 Å². The van der Waals surface area contributed by atoms with E-state index in [9.17, 15) is 0 Å². The second-order valence-electron chi connectivity index (χ2n) is 4.44. The Morgan fingerprint density at radius 1 is 1.17 bits per heavy atom. The SMILES string of the molecule is Cc1cc(Cc2nc3ccccc3s2)ccc1N. The number of anilines is 1. The van der Waals surface area contributed by atoms with Gasteiger partial charge in [-0.3, -0.25) is 0 Å². The average Bonchev–Trinajstić information content (AvgIpc) is 2.76. The largest absolute Gasteiger partial charge is 0.399 e. The van der Waals surface area contributed by atoms with E-state index in [1.165, 1.54) is 10.3 Å². The summed E-state index contributed by atoms with van der Waals surface area (Å²) in [5.74, 6) is 0. The fourth-order valence-electron chi connectivity index (χ4n) is 2.02. The smallest absolute Gasteiger partial charge is 0.0982 e. The molecule has 0 spiro atoms. The molecule has 3 rings (SSSR count). The van der Waals surface area contributed by atoms with Crippen molar-refractivity contribution in [3.8, 4) is 0 Å². The highest BCUT2D eigenvalue weighted by atomic mass is 32.1. The van der Waals surface area contributed by atoms with Crippen LogP contribution in [0.25, 0.3) is 10.2 Å². The molecule has 0 saturated carbocycles. The summed E-state index contributed by atoms with van der Waals surface area (Å²) >= 11 is 1.76. The number of fused-ring (bicyclic) bond motifs is 1. The third-order valence-electron chi connectivity index (χ3n) is 3.03. The first-order valence-electron chi connectivity index (χ1n) is 5.92. The summed E-state index contributed by atoms with van der Waals surface area (Å²) in [6.07, 6.45) is 0.875. The van der Waals surface area contributed by atoms with Gasteiger partial charge in [0.2, 0.25) is 0 Å². The highest BCUT2D eigenvalue weighted by molar-refractivity contribution is 7.18. The van der Waals surface area contributed by atoms with Crippen molar-refractivity contribution >= 4 is 27.2 Å². The van der Waals surface area contributed by atoms with Crippen LogP contribution in [-0.4, -0.2) is 4.98 Å². The predicted molar refractivity (Wildman–Crippen MR) is 78.0 cm³/mol. The third-order valence-corrected chi connectivity index (χ3v) is 4.06. The quantitative estimate of drug-likeness (QED) is 0.707. The molecule has 2 aromatic carbocycles. The molecule has 0 aliphatic heterocycles. The minimum Gasteiger partial charge on any atom is -0.399 e. The fraction of sp³-hybridized carbons (Fsp3) is 0.133. The standard InChI is InChI=1S/C15H14N2S/c1-10-8-11(6-7-12(10)16)9-15-17-13-4-2-3-5-14(13)18-15/h2-8H,9,16H2,1H3. The number of nitrogens with zero attached hydrogens (tertiary/aromatic N) is 1. The number of aryl methyl sites for hydroxylation is 1. The Bertz CT molecular complexity index is 668. The van der Waals surface area contributed by atoms with Crippen LogP contribution in [0.5, 0.6) is 0 Å². The van der Waals surface area contributed by atoms with Crippen LogP contribution in [0.1, 0.15) is 16.1 Å². The van der Waals surface area contributed by atoms with Gasteiger partial charge in [0, 0.05) is 12.1 Å². The minimum atomic E-state index is 0.850. The van der Waals surface area contributed by atoms with Gasteiger partial charge in [0.1, 0.15) is 0 Å². The van der Waals surface area contributed by atoms with E-state index in [1.807, 2.05) is 19.1 Å². The van der Waals surface area contributed by atoms with Crippen molar-refractivity contribution in [2.24, 2.45) is 0 Å². The van der Waals surface area contributed by atoms with Crippen molar-refractivity contribution in [1.82, 2.24) is 4.98 Å². The van der Waals surface area contributed by atoms with Crippen LogP contribution >= 0.6 is 11.3 Å². The summed E-state index contributed by atoms with van der Waals surface area (Å²) in [7, 11) is 0. The van der Waals surface area contributed by atoms with Crippen LogP contribution in [0.15, 0.2) is 42.5 Å². The van der Waals surface area contributed by atoms with Gasteiger partial charge in [0.05, 0.1) is 15.2 Å². The van der Waals surface area contributed by atoms with E-state index < -0.39 is 0 Å². The Labute approximate surface area is 110 Å². The van der Waals surface area contributed by atoms with E-state index in [0.29, 0.717) is 0 Å². The van der Waals surface area contributed by atoms with Crippen LogP contribution in [0.3, 0.4) is 0 Å². The average molecular weight is 254 g/mol. The number of thiazole rings is 1. The van der Waals surface area contributed by atoms with Crippen molar-refractivity contribution in [3.05, 3.63) is 58.6 Å². The van der Waals surface area contributed by atoms with Crippen LogP contribution in [0.2, 0.25) is 0 Å². The number of aromatic nitrogens is 1. The molecule has 2 nitrogen and oxygen atoms in total.